The molecule has 3 N–H and O–H groups in total. The van der Waals surface area contributed by atoms with Crippen LogP contribution in [0.4, 0.5) is 0 Å². The highest BCUT2D eigenvalue weighted by molar-refractivity contribution is 5.88. The van der Waals surface area contributed by atoms with Gasteiger partial charge in [0.2, 0.25) is 11.8 Å². The maximum atomic E-state index is 12.2. The Bertz CT molecular complexity index is 320. The van der Waals surface area contributed by atoms with E-state index in [-0.39, 0.29) is 23.8 Å². The first-order chi connectivity index (χ1) is 8.66. The molecule has 0 aromatic carbocycles. The molecule has 5 nitrogen and oxygen atoms in total. The van der Waals surface area contributed by atoms with Crippen LogP contribution in [0.1, 0.15) is 39.0 Å². The summed E-state index contributed by atoms with van der Waals surface area (Å²) in [5.41, 5.74) is -0.273. The molecule has 1 saturated heterocycles. The Balaban J connectivity index is 1.79. The summed E-state index contributed by atoms with van der Waals surface area (Å²) in [6.07, 6.45) is 4.71. The highest BCUT2D eigenvalue weighted by Crippen LogP contribution is 2.32. The fourth-order valence-electron chi connectivity index (χ4n) is 2.50. The van der Waals surface area contributed by atoms with Crippen LogP contribution in [0.25, 0.3) is 0 Å². The Morgan fingerprint density at radius 1 is 1.28 bits per heavy atom. The van der Waals surface area contributed by atoms with Crippen molar-refractivity contribution in [2.75, 3.05) is 19.6 Å². The van der Waals surface area contributed by atoms with E-state index >= 15 is 0 Å². The molecule has 2 fully saturated rings. The minimum Gasteiger partial charge on any atom is -0.352 e. The number of amides is 2. The summed E-state index contributed by atoms with van der Waals surface area (Å²) in [6.45, 7) is 3.94. The average Bonchev–Trinajstić information content (AvgIpc) is 3.20. The summed E-state index contributed by atoms with van der Waals surface area (Å²) in [4.78, 5) is 23.8. The zero-order chi connectivity index (χ0) is 13.0. The number of hydrogen-bond donors (Lipinski definition) is 3. The van der Waals surface area contributed by atoms with E-state index in [0.29, 0.717) is 6.04 Å². The summed E-state index contributed by atoms with van der Waals surface area (Å²) in [6, 6.07) is 0.355. The monoisotopic (exact) mass is 253 g/mol. The van der Waals surface area contributed by atoms with Gasteiger partial charge in [0.25, 0.3) is 0 Å². The second kappa shape index (κ2) is 5.69. The fraction of sp³-hybridized carbons (Fsp3) is 0.846. The molecule has 0 bridgehead atoms. The molecule has 0 aromatic rings. The van der Waals surface area contributed by atoms with E-state index in [9.17, 15) is 9.59 Å². The number of rotatable bonds is 5. The van der Waals surface area contributed by atoms with Crippen molar-refractivity contribution in [2.24, 2.45) is 5.41 Å². The summed E-state index contributed by atoms with van der Waals surface area (Å²) < 4.78 is 0. The molecule has 2 rings (SSSR count). The zero-order valence-corrected chi connectivity index (χ0v) is 11.1. The first-order valence-electron chi connectivity index (χ1n) is 6.95. The molecule has 2 amide bonds. The van der Waals surface area contributed by atoms with Crippen LogP contribution in [0, 0.1) is 5.41 Å². The molecule has 1 aliphatic heterocycles. The first-order valence-corrected chi connectivity index (χ1v) is 6.95. The van der Waals surface area contributed by atoms with Crippen molar-refractivity contribution in [1.82, 2.24) is 16.0 Å². The van der Waals surface area contributed by atoms with Gasteiger partial charge in [-0.1, -0.05) is 6.92 Å². The zero-order valence-electron chi connectivity index (χ0n) is 11.1. The van der Waals surface area contributed by atoms with Crippen molar-refractivity contribution in [3.05, 3.63) is 0 Å². The largest absolute Gasteiger partial charge is 0.352 e. The standard InChI is InChI=1S/C13H23N3O2/c1-2-13(5-7-14-8-6-13)12(18)15-9-11(17)16-10-3-4-10/h10,14H,2-9H2,1H3,(H,15,18)(H,16,17). The van der Waals surface area contributed by atoms with Gasteiger partial charge < -0.3 is 16.0 Å². The summed E-state index contributed by atoms with van der Waals surface area (Å²) >= 11 is 0. The van der Waals surface area contributed by atoms with Crippen molar-refractivity contribution in [3.8, 4) is 0 Å². The molecule has 5 heteroatoms. The normalized spacial score (nSPS) is 22.3. The van der Waals surface area contributed by atoms with Gasteiger partial charge in [-0.15, -0.1) is 0 Å². The van der Waals surface area contributed by atoms with Crippen molar-refractivity contribution in [2.45, 2.75) is 45.1 Å². The quantitative estimate of drug-likeness (QED) is 0.654. The van der Waals surface area contributed by atoms with Gasteiger partial charge in [-0.25, -0.2) is 0 Å². The van der Waals surface area contributed by atoms with Crippen LogP contribution >= 0.6 is 0 Å². The highest BCUT2D eigenvalue weighted by Gasteiger charge is 2.37. The SMILES string of the molecule is CCC1(C(=O)NCC(=O)NC2CC2)CCNCC1. The van der Waals surface area contributed by atoms with E-state index < -0.39 is 0 Å². The topological polar surface area (TPSA) is 70.2 Å². The fourth-order valence-corrected chi connectivity index (χ4v) is 2.50. The lowest BCUT2D eigenvalue weighted by atomic mass is 9.76. The van der Waals surface area contributed by atoms with Crippen LogP contribution in [0.15, 0.2) is 0 Å². The Hall–Kier alpha value is -1.10. The highest BCUT2D eigenvalue weighted by atomic mass is 16.2. The van der Waals surface area contributed by atoms with Gasteiger partial charge in [0.05, 0.1) is 12.0 Å². The summed E-state index contributed by atoms with van der Waals surface area (Å²) in [5, 5.41) is 8.94. The lowest BCUT2D eigenvalue weighted by Gasteiger charge is -2.35. The summed E-state index contributed by atoms with van der Waals surface area (Å²) in [5.74, 6) is -0.0246. The predicted molar refractivity (Wildman–Crippen MR) is 69.0 cm³/mol. The van der Waals surface area contributed by atoms with Crippen LogP contribution in [0.2, 0.25) is 0 Å². The molecular weight excluding hydrogens is 230 g/mol. The molecule has 1 aliphatic carbocycles. The van der Waals surface area contributed by atoms with Crippen LogP contribution in [-0.4, -0.2) is 37.5 Å². The lowest BCUT2D eigenvalue weighted by Crippen LogP contribution is -2.49. The third kappa shape index (κ3) is 3.22. The third-order valence-electron chi connectivity index (χ3n) is 4.07. The van der Waals surface area contributed by atoms with Crippen LogP contribution in [0.3, 0.4) is 0 Å². The Morgan fingerprint density at radius 3 is 2.50 bits per heavy atom. The Kier molecular flexibility index (Phi) is 4.22. The van der Waals surface area contributed by atoms with Gasteiger partial charge >= 0.3 is 0 Å². The molecule has 0 atom stereocenters. The van der Waals surface area contributed by atoms with E-state index in [4.69, 9.17) is 0 Å². The van der Waals surface area contributed by atoms with Crippen molar-refractivity contribution in [1.29, 1.82) is 0 Å². The van der Waals surface area contributed by atoms with Gasteiger partial charge in [-0.05, 0) is 45.2 Å². The van der Waals surface area contributed by atoms with Crippen LogP contribution in [0.5, 0.6) is 0 Å². The molecule has 0 spiro atoms. The van der Waals surface area contributed by atoms with Crippen molar-refractivity contribution >= 4 is 11.8 Å². The van der Waals surface area contributed by atoms with Gasteiger partial charge in [-0.3, -0.25) is 9.59 Å². The predicted octanol–water partition coefficient (Wildman–Crippen LogP) is 0.161. The summed E-state index contributed by atoms with van der Waals surface area (Å²) in [7, 11) is 0. The molecule has 0 radical (unpaired) electrons. The minimum absolute atomic E-state index is 0.0393. The van der Waals surface area contributed by atoms with E-state index in [1.54, 1.807) is 0 Å². The molecular formula is C13H23N3O2. The van der Waals surface area contributed by atoms with Gasteiger partial charge in [0.1, 0.15) is 0 Å². The molecule has 0 unspecified atom stereocenters. The second-order valence-electron chi connectivity index (χ2n) is 5.41. The molecule has 0 aromatic heterocycles. The third-order valence-corrected chi connectivity index (χ3v) is 4.07. The van der Waals surface area contributed by atoms with Gasteiger partial charge in [-0.2, -0.15) is 0 Å². The first kappa shape index (κ1) is 13.3. The molecule has 1 saturated carbocycles. The van der Waals surface area contributed by atoms with Crippen LogP contribution < -0.4 is 16.0 Å². The van der Waals surface area contributed by atoms with E-state index in [1.165, 1.54) is 0 Å². The lowest BCUT2D eigenvalue weighted by molar-refractivity contribution is -0.134. The maximum absolute atomic E-state index is 12.2. The van der Waals surface area contributed by atoms with Crippen LogP contribution in [-0.2, 0) is 9.59 Å². The number of hydrogen-bond acceptors (Lipinski definition) is 3. The average molecular weight is 253 g/mol. The Morgan fingerprint density at radius 2 is 1.94 bits per heavy atom. The van der Waals surface area contributed by atoms with Gasteiger partial charge in [0.15, 0.2) is 0 Å². The number of piperidine rings is 1. The molecule has 18 heavy (non-hydrogen) atoms. The van der Waals surface area contributed by atoms with E-state index in [1.807, 2.05) is 0 Å². The molecule has 2 aliphatic rings. The number of carbonyl (C=O) groups is 2. The van der Waals surface area contributed by atoms with Crippen molar-refractivity contribution in [3.63, 3.8) is 0 Å². The molecule has 1 heterocycles. The number of carbonyl (C=O) groups excluding carboxylic acids is 2. The minimum atomic E-state index is -0.273. The molecule has 102 valence electrons. The maximum Gasteiger partial charge on any atom is 0.239 e. The smallest absolute Gasteiger partial charge is 0.239 e. The Labute approximate surface area is 108 Å². The van der Waals surface area contributed by atoms with Gasteiger partial charge in [0, 0.05) is 6.04 Å². The van der Waals surface area contributed by atoms with E-state index in [2.05, 4.69) is 22.9 Å². The van der Waals surface area contributed by atoms with E-state index in [0.717, 1.165) is 45.2 Å². The number of nitrogens with one attached hydrogen (secondary N) is 3. The van der Waals surface area contributed by atoms with Crippen molar-refractivity contribution < 1.29 is 9.59 Å². The second-order valence-corrected chi connectivity index (χ2v) is 5.41.